The Morgan fingerprint density at radius 1 is 1.23 bits per heavy atom. The van der Waals surface area contributed by atoms with Gasteiger partial charge in [-0.25, -0.2) is 27.7 Å². The van der Waals surface area contributed by atoms with Crippen molar-refractivity contribution in [3.05, 3.63) is 53.1 Å². The van der Waals surface area contributed by atoms with E-state index in [9.17, 15) is 27.3 Å². The minimum absolute atomic E-state index is 0.167. The number of aromatic nitrogens is 3. The van der Waals surface area contributed by atoms with Crippen LogP contribution in [-0.2, 0) is 15.3 Å². The molecule has 1 amide bonds. The summed E-state index contributed by atoms with van der Waals surface area (Å²) in [5.74, 6) is -1.48. The van der Waals surface area contributed by atoms with Crippen molar-refractivity contribution >= 4 is 33.3 Å². The van der Waals surface area contributed by atoms with Gasteiger partial charge in [0.25, 0.3) is 0 Å². The van der Waals surface area contributed by atoms with E-state index in [4.69, 9.17) is 16.1 Å². The molecule has 2 aromatic heterocycles. The molecular weight excluding hydrogens is 568 g/mol. The number of aliphatic imine (C=N–C) groups is 1. The van der Waals surface area contributed by atoms with Gasteiger partial charge in [-0.1, -0.05) is 16.8 Å². The molecule has 2 atom stereocenters. The molecule has 3 heterocycles. The number of hydrogen-bond acceptors (Lipinski definition) is 8. The summed E-state index contributed by atoms with van der Waals surface area (Å²) in [6.45, 7) is 2.14. The number of hydrogen-bond donors (Lipinski definition) is 2. The second kappa shape index (κ2) is 9.86. The summed E-state index contributed by atoms with van der Waals surface area (Å²) in [6, 6.07) is 5.24. The van der Waals surface area contributed by atoms with Gasteiger partial charge in [-0.15, -0.1) is 0 Å². The van der Waals surface area contributed by atoms with Crippen LogP contribution in [0.1, 0.15) is 26.3 Å². The van der Waals surface area contributed by atoms with E-state index in [1.807, 2.05) is 5.32 Å². The zero-order valence-corrected chi connectivity index (χ0v) is 22.2. The van der Waals surface area contributed by atoms with Gasteiger partial charge in [0.2, 0.25) is 0 Å². The first-order valence-corrected chi connectivity index (χ1v) is 13.2. The zero-order valence-electron chi connectivity index (χ0n) is 20.6. The van der Waals surface area contributed by atoms with Gasteiger partial charge in [0.05, 0.1) is 20.5 Å². The summed E-state index contributed by atoms with van der Waals surface area (Å²) in [5, 5.41) is 15.5. The van der Waals surface area contributed by atoms with Crippen LogP contribution < -0.4 is 5.32 Å². The maximum atomic E-state index is 15.2. The van der Waals surface area contributed by atoms with Crippen LogP contribution in [0.15, 0.2) is 50.5 Å². The van der Waals surface area contributed by atoms with Gasteiger partial charge >= 0.3 is 12.3 Å². The Balaban J connectivity index is 1.83. The molecule has 10 nitrogen and oxygen atoms in total. The van der Waals surface area contributed by atoms with E-state index in [0.29, 0.717) is 10.6 Å². The van der Waals surface area contributed by atoms with Crippen LogP contribution in [0, 0.1) is 5.82 Å². The number of carboxylic acid groups (broad SMARTS) is 1. The maximum absolute atomic E-state index is 15.2. The van der Waals surface area contributed by atoms with Crippen LogP contribution in [0.4, 0.5) is 22.4 Å². The number of halogens is 5. The first-order chi connectivity index (χ1) is 18.0. The normalized spacial score (nSPS) is 22.7. The summed E-state index contributed by atoms with van der Waals surface area (Å²) >= 11 is 5.80. The third kappa shape index (κ3) is 5.73. The lowest BCUT2D eigenvalue weighted by Crippen LogP contribution is -2.57. The maximum Gasteiger partial charge on any atom is 0.410 e. The SMILES string of the molecule is CC1(C)C(NC(=O)O)=N[C@](C)(c2cc(-c3cc(-c4ncc(Cl)cn4)no3)ccc2F)CS1(=O)=NCC(F)(F)F. The van der Waals surface area contributed by atoms with Crippen LogP contribution in [0.2, 0.25) is 5.02 Å². The number of benzene rings is 1. The Kier molecular flexibility index (Phi) is 7.19. The molecule has 4 rings (SSSR count). The zero-order chi connectivity index (χ0) is 28.8. The van der Waals surface area contributed by atoms with E-state index in [1.54, 1.807) is 0 Å². The van der Waals surface area contributed by atoms with Crippen molar-refractivity contribution in [2.45, 2.75) is 37.2 Å². The van der Waals surface area contributed by atoms with Crippen molar-refractivity contribution in [2.24, 2.45) is 9.36 Å². The molecule has 1 aromatic carbocycles. The van der Waals surface area contributed by atoms with E-state index in [2.05, 4.69) is 24.5 Å². The fourth-order valence-corrected chi connectivity index (χ4v) is 6.59. The van der Waals surface area contributed by atoms with Crippen molar-refractivity contribution in [1.82, 2.24) is 20.4 Å². The van der Waals surface area contributed by atoms with Gasteiger partial charge in [-0.2, -0.15) is 13.2 Å². The molecule has 1 aliphatic rings. The minimum atomic E-state index is -4.77. The topological polar surface area (TPSA) is 143 Å². The number of amides is 1. The summed E-state index contributed by atoms with van der Waals surface area (Å²) in [4.78, 5) is 23.9. The largest absolute Gasteiger partial charge is 0.465 e. The first-order valence-electron chi connectivity index (χ1n) is 11.2. The summed E-state index contributed by atoms with van der Waals surface area (Å²) in [7, 11) is -3.86. The molecule has 3 aromatic rings. The van der Waals surface area contributed by atoms with Crippen molar-refractivity contribution in [2.75, 3.05) is 12.3 Å². The fraction of sp³-hybridized carbons (Fsp3) is 0.348. The van der Waals surface area contributed by atoms with Crippen LogP contribution in [-0.4, -0.2) is 59.6 Å². The predicted octanol–water partition coefficient (Wildman–Crippen LogP) is 5.29. The van der Waals surface area contributed by atoms with E-state index in [0.717, 1.165) is 6.07 Å². The number of alkyl halides is 3. The molecule has 2 N–H and O–H groups in total. The van der Waals surface area contributed by atoms with Gasteiger partial charge in [0.15, 0.2) is 17.3 Å². The first kappa shape index (κ1) is 28.4. The summed E-state index contributed by atoms with van der Waals surface area (Å²) in [6.07, 6.45) is -3.63. The number of carbonyl (C=O) groups is 1. The van der Waals surface area contributed by atoms with E-state index in [1.165, 1.54) is 51.4 Å². The summed E-state index contributed by atoms with van der Waals surface area (Å²) in [5.41, 5.74) is -1.40. The molecule has 0 aliphatic carbocycles. The van der Waals surface area contributed by atoms with Crippen LogP contribution in [0.3, 0.4) is 0 Å². The number of rotatable bonds is 4. The van der Waals surface area contributed by atoms with Gasteiger partial charge in [-0.05, 0) is 39.0 Å². The lowest BCUT2D eigenvalue weighted by Gasteiger charge is -2.41. The molecule has 0 spiro atoms. The Morgan fingerprint density at radius 2 is 1.90 bits per heavy atom. The van der Waals surface area contributed by atoms with Crippen LogP contribution in [0.5, 0.6) is 0 Å². The monoisotopic (exact) mass is 588 g/mol. The molecule has 0 saturated heterocycles. The van der Waals surface area contributed by atoms with Gasteiger partial charge in [-0.3, -0.25) is 10.3 Å². The smallest absolute Gasteiger partial charge is 0.410 e. The average molecular weight is 589 g/mol. The molecule has 0 bridgehead atoms. The highest BCUT2D eigenvalue weighted by atomic mass is 35.5. The van der Waals surface area contributed by atoms with Crippen molar-refractivity contribution < 1.29 is 36.2 Å². The third-order valence-corrected chi connectivity index (χ3v) is 9.55. The molecule has 0 saturated carbocycles. The predicted molar refractivity (Wildman–Crippen MR) is 134 cm³/mol. The molecule has 1 unspecified atom stereocenters. The Morgan fingerprint density at radius 3 is 2.51 bits per heavy atom. The van der Waals surface area contributed by atoms with Crippen molar-refractivity contribution in [1.29, 1.82) is 0 Å². The Hall–Kier alpha value is -3.59. The van der Waals surface area contributed by atoms with Gasteiger partial charge in [0, 0.05) is 29.6 Å². The second-order valence-electron chi connectivity index (χ2n) is 9.36. The molecule has 16 heteroatoms. The number of amidine groups is 1. The van der Waals surface area contributed by atoms with E-state index in [-0.39, 0.29) is 22.8 Å². The lowest BCUT2D eigenvalue weighted by molar-refractivity contribution is -0.117. The molecule has 208 valence electrons. The number of nitrogens with zero attached hydrogens (tertiary/aromatic N) is 5. The highest BCUT2D eigenvalue weighted by Crippen LogP contribution is 2.41. The van der Waals surface area contributed by atoms with Gasteiger partial charge in [0.1, 0.15) is 28.5 Å². The molecular formula is C23H21ClF4N6O4S. The molecule has 0 radical (unpaired) electrons. The highest BCUT2D eigenvalue weighted by Gasteiger charge is 2.50. The average Bonchev–Trinajstić information content (AvgIpc) is 3.32. The summed E-state index contributed by atoms with van der Waals surface area (Å²) < 4.78 is 75.5. The van der Waals surface area contributed by atoms with E-state index < -0.39 is 56.2 Å². The van der Waals surface area contributed by atoms with E-state index >= 15 is 4.39 Å². The Labute approximate surface area is 224 Å². The second-order valence-corrected chi connectivity index (χ2v) is 12.6. The van der Waals surface area contributed by atoms with Crippen molar-refractivity contribution in [3.63, 3.8) is 0 Å². The highest BCUT2D eigenvalue weighted by molar-refractivity contribution is 7.95. The Bertz CT molecular complexity index is 1580. The van der Waals surface area contributed by atoms with Crippen molar-refractivity contribution in [3.8, 4) is 22.8 Å². The van der Waals surface area contributed by atoms with Crippen LogP contribution in [0.25, 0.3) is 22.8 Å². The quantitative estimate of drug-likeness (QED) is 0.394. The molecule has 0 fully saturated rings. The number of nitrogens with one attached hydrogen (secondary N) is 1. The standard InChI is InChI=1S/C23H21ClF4N6O4S/c1-21(2)19(32-20(35)36)33-22(3,11-39(21,37)31-10-23(26,27)28)14-6-12(4-5-15(14)25)17-7-16(34-38-17)18-29-8-13(24)9-30-18/h4-9H,10-11H2,1-3H3,(H,32,33)(H,35,36)/t22-,39?/m0/s1. The molecule has 1 aliphatic heterocycles. The third-order valence-electron chi connectivity index (χ3n) is 6.07. The lowest BCUT2D eigenvalue weighted by atomic mass is 9.91. The van der Waals surface area contributed by atoms with Crippen LogP contribution >= 0.6 is 11.6 Å². The minimum Gasteiger partial charge on any atom is -0.465 e. The fourth-order valence-electron chi connectivity index (χ4n) is 3.98. The van der Waals surface area contributed by atoms with Gasteiger partial charge < -0.3 is 9.63 Å². The molecule has 39 heavy (non-hydrogen) atoms.